The monoisotopic (exact) mass is 585 g/mol. The highest BCUT2D eigenvalue weighted by Gasteiger charge is 2.34. The second-order valence-electron chi connectivity index (χ2n) is 8.43. The molecule has 0 bridgehead atoms. The van der Waals surface area contributed by atoms with Crippen LogP contribution in [-0.2, 0) is 14.7 Å². The van der Waals surface area contributed by atoms with Crippen LogP contribution in [0.5, 0.6) is 5.75 Å². The normalized spacial score (nSPS) is 19.6. The van der Waals surface area contributed by atoms with Crippen LogP contribution in [0.3, 0.4) is 0 Å². The largest absolute Gasteiger partial charge is 0.573 e. The summed E-state index contributed by atoms with van der Waals surface area (Å²) in [5, 5.41) is 14.1. The van der Waals surface area contributed by atoms with Crippen LogP contribution in [0.4, 0.5) is 13.2 Å². The summed E-state index contributed by atoms with van der Waals surface area (Å²) in [7, 11) is -2.05. The number of hydrogen-bond donors (Lipinski definition) is 2. The van der Waals surface area contributed by atoms with Gasteiger partial charge in [-0.2, -0.15) is 0 Å². The highest BCUT2D eigenvalue weighted by Crippen LogP contribution is 2.37. The Bertz CT molecular complexity index is 1620. The van der Waals surface area contributed by atoms with Gasteiger partial charge in [-0.3, -0.25) is 0 Å². The van der Waals surface area contributed by atoms with E-state index in [4.69, 9.17) is 27.9 Å². The molecule has 4 aromatic rings. The van der Waals surface area contributed by atoms with E-state index in [1.165, 1.54) is 25.4 Å². The molecule has 0 amide bonds. The van der Waals surface area contributed by atoms with Crippen LogP contribution < -0.4 is 9.46 Å². The van der Waals surface area contributed by atoms with Crippen LogP contribution in [0.1, 0.15) is 0 Å². The maximum absolute atomic E-state index is 13.7. The highest BCUT2D eigenvalue weighted by molar-refractivity contribution is 7.91. The second-order valence-corrected chi connectivity index (χ2v) is 11.4. The van der Waals surface area contributed by atoms with Gasteiger partial charge >= 0.3 is 6.36 Å². The highest BCUT2D eigenvalue weighted by atomic mass is 35.5. The van der Waals surface area contributed by atoms with Crippen molar-refractivity contribution in [1.82, 2.24) is 9.29 Å². The maximum Gasteiger partial charge on any atom is 0.573 e. The minimum Gasteiger partial charge on any atom is -0.497 e. The van der Waals surface area contributed by atoms with Gasteiger partial charge in [0.05, 0.1) is 27.7 Å². The van der Waals surface area contributed by atoms with Crippen molar-refractivity contribution in [1.29, 1.82) is 0 Å². The van der Waals surface area contributed by atoms with Gasteiger partial charge in [-0.25, -0.2) is 13.3 Å². The molecule has 0 spiro atoms. The zero-order valence-corrected chi connectivity index (χ0v) is 21.9. The van der Waals surface area contributed by atoms with Crippen LogP contribution in [-0.4, -0.2) is 46.0 Å². The van der Waals surface area contributed by atoms with Crippen molar-refractivity contribution < 1.29 is 32.0 Å². The molecule has 3 aromatic carbocycles. The third-order valence-electron chi connectivity index (χ3n) is 6.06. The number of halogens is 5. The number of aliphatic hydroxyl groups is 1. The van der Waals surface area contributed by atoms with Crippen molar-refractivity contribution in [2.24, 2.45) is 4.36 Å². The first-order chi connectivity index (χ1) is 18.0. The Morgan fingerprint density at radius 1 is 1.05 bits per heavy atom. The Kier molecular flexibility index (Phi) is 6.99. The lowest BCUT2D eigenvalue weighted by Crippen LogP contribution is -2.48. The Hall–Kier alpha value is -2.96. The van der Waals surface area contributed by atoms with Gasteiger partial charge < -0.3 is 19.1 Å². The summed E-state index contributed by atoms with van der Waals surface area (Å²) in [5.41, 5.74) is 1.84. The van der Waals surface area contributed by atoms with Crippen LogP contribution in [0, 0.1) is 0 Å². The fourth-order valence-electron chi connectivity index (χ4n) is 4.39. The van der Waals surface area contributed by atoms with E-state index in [0.717, 1.165) is 33.9 Å². The number of nitrogens with one attached hydrogen (secondary N) is 1. The predicted octanol–water partition coefficient (Wildman–Crippen LogP) is 6.22. The zero-order chi connectivity index (χ0) is 27.2. The summed E-state index contributed by atoms with van der Waals surface area (Å²) in [6.45, 7) is -0.0404. The van der Waals surface area contributed by atoms with Gasteiger partial charge in [0, 0.05) is 27.9 Å². The van der Waals surface area contributed by atoms with E-state index in [1.807, 2.05) is 16.7 Å². The lowest BCUT2D eigenvalue weighted by Gasteiger charge is -2.31. The Labute approximate surface area is 225 Å². The number of alkyl halides is 3. The van der Waals surface area contributed by atoms with E-state index in [-0.39, 0.29) is 11.5 Å². The second kappa shape index (κ2) is 9.97. The topological polar surface area (TPSA) is 85.1 Å². The van der Waals surface area contributed by atoms with Crippen molar-refractivity contribution in [2.45, 2.75) is 23.4 Å². The minimum atomic E-state index is -4.86. The summed E-state index contributed by atoms with van der Waals surface area (Å²) in [6.07, 6.45) is -4.63. The molecule has 0 saturated carbocycles. The molecule has 7 nitrogen and oxygen atoms in total. The quantitative estimate of drug-likeness (QED) is 0.291. The van der Waals surface area contributed by atoms with E-state index in [2.05, 4.69) is 13.8 Å². The summed E-state index contributed by atoms with van der Waals surface area (Å²) in [6, 6.07) is 14.3. The average Bonchev–Trinajstić information content (AvgIpc) is 3.17. The number of benzene rings is 3. The fourth-order valence-corrected chi connectivity index (χ4v) is 6.30. The molecule has 2 heterocycles. The van der Waals surface area contributed by atoms with Crippen LogP contribution in [0.25, 0.3) is 27.5 Å². The molecule has 0 aliphatic carbocycles. The van der Waals surface area contributed by atoms with Crippen molar-refractivity contribution in [3.8, 4) is 5.75 Å². The first-order valence-corrected chi connectivity index (χ1v) is 13.4. The van der Waals surface area contributed by atoms with Gasteiger partial charge in [-0.15, -0.1) is 13.2 Å². The van der Waals surface area contributed by atoms with Crippen molar-refractivity contribution in [3.05, 3.63) is 77.0 Å². The first-order valence-electron chi connectivity index (χ1n) is 11.2. The van der Waals surface area contributed by atoms with E-state index >= 15 is 0 Å². The number of hydrogen-bond acceptors (Lipinski definition) is 5. The standard InChI is InChI=1S/C25H20Cl2F3N3O4S/c1-31-38(35,17-6-4-16(5-7-17)37-25(28,29)30)32-20-12-36-13-23(24(20)34)33-21-8-2-14(26)10-18(21)19-11-15(27)3-9-22(19)33/h2-11,13,20,24,34H,12H2,1H3,(H,31,32,35)/t20-,24-,38?/m0/s1. The number of ether oxygens (including phenoxy) is 2. The fraction of sp³-hybridized carbons (Fsp3) is 0.200. The molecule has 3 atom stereocenters. The maximum atomic E-state index is 13.7. The molecule has 5 rings (SSSR count). The Morgan fingerprint density at radius 3 is 2.16 bits per heavy atom. The number of rotatable bonds is 5. The lowest BCUT2D eigenvalue weighted by molar-refractivity contribution is -0.274. The molecule has 1 aliphatic heterocycles. The molecule has 1 aliphatic rings. The smallest absolute Gasteiger partial charge is 0.497 e. The van der Waals surface area contributed by atoms with Gasteiger partial charge in [-0.1, -0.05) is 23.2 Å². The number of fused-ring (bicyclic) bond motifs is 3. The Morgan fingerprint density at radius 2 is 1.63 bits per heavy atom. The number of aliphatic hydroxyl groups excluding tert-OH is 1. The van der Waals surface area contributed by atoms with Gasteiger partial charge in [0.25, 0.3) is 0 Å². The molecular formula is C25H20Cl2F3N3O4S. The zero-order valence-electron chi connectivity index (χ0n) is 19.6. The summed E-state index contributed by atoms with van der Waals surface area (Å²) < 4.78 is 69.4. The van der Waals surface area contributed by atoms with Crippen molar-refractivity contribution in [2.75, 3.05) is 13.7 Å². The lowest BCUT2D eigenvalue weighted by atomic mass is 10.1. The Balaban J connectivity index is 1.49. The van der Waals surface area contributed by atoms with Crippen molar-refractivity contribution in [3.63, 3.8) is 0 Å². The molecule has 0 fully saturated rings. The van der Waals surface area contributed by atoms with Gasteiger partial charge in [0.2, 0.25) is 0 Å². The van der Waals surface area contributed by atoms with Gasteiger partial charge in [0.1, 0.15) is 34.6 Å². The minimum absolute atomic E-state index is 0.0404. The molecule has 1 aromatic heterocycles. The van der Waals surface area contributed by atoms with E-state index < -0.39 is 34.2 Å². The molecule has 0 radical (unpaired) electrons. The van der Waals surface area contributed by atoms with Crippen LogP contribution in [0.2, 0.25) is 10.0 Å². The van der Waals surface area contributed by atoms with Crippen LogP contribution >= 0.6 is 23.2 Å². The van der Waals surface area contributed by atoms with E-state index in [0.29, 0.717) is 15.7 Å². The third kappa shape index (κ3) is 5.04. The molecule has 2 N–H and O–H groups in total. The molecule has 0 saturated heterocycles. The van der Waals surface area contributed by atoms with Gasteiger partial charge in [0.15, 0.2) is 0 Å². The average molecular weight is 586 g/mol. The molecule has 38 heavy (non-hydrogen) atoms. The van der Waals surface area contributed by atoms with E-state index in [1.54, 1.807) is 24.3 Å². The molecule has 200 valence electrons. The summed E-state index contributed by atoms with van der Waals surface area (Å²) >= 11 is 12.5. The SMILES string of the molecule is CN=S(=O)(N[C@H]1COC=C(n2c3ccc(Cl)cc3c3cc(Cl)ccc32)[C@H]1O)c1ccc(OC(F)(F)F)cc1. The number of aromatic nitrogens is 1. The van der Waals surface area contributed by atoms with Crippen molar-refractivity contribution >= 4 is 60.6 Å². The third-order valence-corrected chi connectivity index (χ3v) is 8.57. The van der Waals surface area contributed by atoms with E-state index in [9.17, 15) is 22.5 Å². The molecule has 13 heteroatoms. The summed E-state index contributed by atoms with van der Waals surface area (Å²) in [4.78, 5) is 0.110. The first kappa shape index (κ1) is 26.6. The van der Waals surface area contributed by atoms with Crippen LogP contribution in [0.15, 0.2) is 76.2 Å². The number of nitrogens with zero attached hydrogens (tertiary/aromatic N) is 2. The molecular weight excluding hydrogens is 566 g/mol. The summed E-state index contributed by atoms with van der Waals surface area (Å²) in [5.74, 6) is -0.461. The predicted molar refractivity (Wildman–Crippen MR) is 141 cm³/mol. The van der Waals surface area contributed by atoms with Gasteiger partial charge in [-0.05, 0) is 60.7 Å². The molecule has 1 unspecified atom stereocenters.